The van der Waals surface area contributed by atoms with Crippen LogP contribution in [0.15, 0.2) is 53.0 Å². The SMILES string of the molecule is O=C1CC(C(=O)Nc2ccc(F)cc2)(c2ccc(Br)cc2)C1. The van der Waals surface area contributed by atoms with Crippen LogP contribution in [0.3, 0.4) is 0 Å². The second kappa shape index (κ2) is 5.65. The van der Waals surface area contributed by atoms with E-state index in [0.29, 0.717) is 5.69 Å². The number of rotatable bonds is 3. The van der Waals surface area contributed by atoms with E-state index in [1.165, 1.54) is 24.3 Å². The van der Waals surface area contributed by atoms with E-state index < -0.39 is 5.41 Å². The van der Waals surface area contributed by atoms with Crippen molar-refractivity contribution in [3.63, 3.8) is 0 Å². The molecule has 1 saturated carbocycles. The second-order valence-electron chi connectivity index (χ2n) is 5.44. The minimum Gasteiger partial charge on any atom is -0.325 e. The second-order valence-corrected chi connectivity index (χ2v) is 6.36. The van der Waals surface area contributed by atoms with Gasteiger partial charge in [0, 0.05) is 23.0 Å². The predicted octanol–water partition coefficient (Wildman–Crippen LogP) is 3.83. The molecule has 0 bridgehead atoms. The Balaban J connectivity index is 1.87. The Morgan fingerprint density at radius 1 is 1.05 bits per heavy atom. The molecule has 1 N–H and O–H groups in total. The van der Waals surface area contributed by atoms with Gasteiger partial charge in [0.05, 0.1) is 5.41 Å². The third-order valence-corrected chi connectivity index (χ3v) is 4.46. The number of hydrogen-bond donors (Lipinski definition) is 1. The van der Waals surface area contributed by atoms with Crippen LogP contribution in [0.2, 0.25) is 0 Å². The summed E-state index contributed by atoms with van der Waals surface area (Å²) in [6.45, 7) is 0. The van der Waals surface area contributed by atoms with E-state index in [1.54, 1.807) is 0 Å². The summed E-state index contributed by atoms with van der Waals surface area (Å²) >= 11 is 3.36. The van der Waals surface area contributed by atoms with Crippen LogP contribution in [0.1, 0.15) is 18.4 Å². The van der Waals surface area contributed by atoms with Crippen LogP contribution < -0.4 is 5.32 Å². The summed E-state index contributed by atoms with van der Waals surface area (Å²) in [7, 11) is 0. The molecule has 0 radical (unpaired) electrons. The summed E-state index contributed by atoms with van der Waals surface area (Å²) in [6.07, 6.45) is 0.392. The zero-order valence-electron chi connectivity index (χ0n) is 11.6. The number of Topliss-reactive ketones (excluding diaryl/α,β-unsaturated/α-hetero) is 1. The fraction of sp³-hybridized carbons (Fsp3) is 0.176. The van der Waals surface area contributed by atoms with Crippen LogP contribution in [-0.2, 0) is 15.0 Å². The largest absolute Gasteiger partial charge is 0.325 e. The normalized spacial score (nSPS) is 16.0. The fourth-order valence-electron chi connectivity index (χ4n) is 2.67. The fourth-order valence-corrected chi connectivity index (χ4v) is 2.93. The van der Waals surface area contributed by atoms with Crippen LogP contribution in [0, 0.1) is 5.82 Å². The number of halogens is 2. The standard InChI is InChI=1S/C17H13BrFNO2/c18-12-3-1-11(2-4-12)17(9-15(21)10-17)16(22)20-14-7-5-13(19)6-8-14/h1-8H,9-10H2,(H,20,22). The number of nitrogens with one attached hydrogen (secondary N) is 1. The Hall–Kier alpha value is -2.01. The van der Waals surface area contributed by atoms with Crippen molar-refractivity contribution in [1.82, 2.24) is 0 Å². The van der Waals surface area contributed by atoms with Gasteiger partial charge in [0.1, 0.15) is 11.6 Å². The van der Waals surface area contributed by atoms with E-state index in [4.69, 9.17) is 0 Å². The molecule has 3 nitrogen and oxygen atoms in total. The maximum Gasteiger partial charge on any atom is 0.235 e. The van der Waals surface area contributed by atoms with Gasteiger partial charge in [0.25, 0.3) is 0 Å². The highest BCUT2D eigenvalue weighted by Gasteiger charge is 2.51. The highest BCUT2D eigenvalue weighted by molar-refractivity contribution is 9.10. The molecule has 3 rings (SSSR count). The maximum absolute atomic E-state index is 12.9. The Labute approximate surface area is 135 Å². The van der Waals surface area contributed by atoms with Gasteiger partial charge in [-0.05, 0) is 42.0 Å². The molecule has 2 aromatic carbocycles. The monoisotopic (exact) mass is 361 g/mol. The van der Waals surface area contributed by atoms with E-state index in [1.807, 2.05) is 24.3 Å². The Morgan fingerprint density at radius 2 is 1.64 bits per heavy atom. The number of ketones is 1. The highest BCUT2D eigenvalue weighted by atomic mass is 79.9. The molecule has 1 aliphatic rings. The number of hydrogen-bond acceptors (Lipinski definition) is 2. The first kappa shape index (κ1) is 14.9. The van der Waals surface area contributed by atoms with Gasteiger partial charge in [-0.3, -0.25) is 9.59 Å². The van der Waals surface area contributed by atoms with Gasteiger partial charge < -0.3 is 5.32 Å². The molecule has 1 fully saturated rings. The van der Waals surface area contributed by atoms with Crippen LogP contribution in [-0.4, -0.2) is 11.7 Å². The first-order valence-electron chi connectivity index (χ1n) is 6.84. The van der Waals surface area contributed by atoms with Crippen molar-refractivity contribution < 1.29 is 14.0 Å². The van der Waals surface area contributed by atoms with Crippen molar-refractivity contribution in [2.45, 2.75) is 18.3 Å². The molecule has 2 aromatic rings. The molecular formula is C17H13BrFNO2. The van der Waals surface area contributed by atoms with E-state index in [0.717, 1.165) is 10.0 Å². The van der Waals surface area contributed by atoms with Crippen LogP contribution >= 0.6 is 15.9 Å². The van der Waals surface area contributed by atoms with Crippen molar-refractivity contribution in [3.8, 4) is 0 Å². The molecule has 5 heteroatoms. The molecule has 22 heavy (non-hydrogen) atoms. The molecular weight excluding hydrogens is 349 g/mol. The first-order chi connectivity index (χ1) is 10.5. The van der Waals surface area contributed by atoms with Gasteiger partial charge in [0.15, 0.2) is 0 Å². The van der Waals surface area contributed by atoms with Gasteiger partial charge >= 0.3 is 0 Å². The summed E-state index contributed by atoms with van der Waals surface area (Å²) in [5, 5.41) is 2.78. The van der Waals surface area contributed by atoms with Gasteiger partial charge in [-0.1, -0.05) is 28.1 Å². The summed E-state index contributed by atoms with van der Waals surface area (Å²) in [4.78, 5) is 24.2. The molecule has 0 heterocycles. The molecule has 0 aliphatic heterocycles. The van der Waals surface area contributed by atoms with Gasteiger partial charge in [0.2, 0.25) is 5.91 Å². The zero-order chi connectivity index (χ0) is 15.7. The summed E-state index contributed by atoms with van der Waals surface area (Å²) < 4.78 is 13.8. The van der Waals surface area contributed by atoms with Crippen molar-refractivity contribution in [1.29, 1.82) is 0 Å². The first-order valence-corrected chi connectivity index (χ1v) is 7.64. The van der Waals surface area contributed by atoms with Crippen molar-refractivity contribution in [2.75, 3.05) is 5.32 Å². The minimum atomic E-state index is -0.827. The topological polar surface area (TPSA) is 46.2 Å². The Kier molecular flexibility index (Phi) is 3.83. The highest BCUT2D eigenvalue weighted by Crippen LogP contribution is 2.42. The molecule has 1 aliphatic carbocycles. The third kappa shape index (κ3) is 2.68. The third-order valence-electron chi connectivity index (χ3n) is 3.93. The number of amides is 1. The zero-order valence-corrected chi connectivity index (χ0v) is 13.2. The molecule has 0 spiro atoms. The van der Waals surface area contributed by atoms with Gasteiger partial charge in [-0.2, -0.15) is 0 Å². The van der Waals surface area contributed by atoms with Crippen molar-refractivity contribution >= 4 is 33.3 Å². The molecule has 0 aromatic heterocycles. The van der Waals surface area contributed by atoms with Crippen molar-refractivity contribution in [3.05, 3.63) is 64.4 Å². The lowest BCUT2D eigenvalue weighted by molar-refractivity contribution is -0.138. The minimum absolute atomic E-state index is 0.0668. The Bertz CT molecular complexity index is 717. The van der Waals surface area contributed by atoms with E-state index in [9.17, 15) is 14.0 Å². The lowest BCUT2D eigenvalue weighted by Gasteiger charge is -2.39. The number of carbonyl (C=O) groups is 2. The maximum atomic E-state index is 12.9. The lowest BCUT2D eigenvalue weighted by atomic mass is 9.63. The van der Waals surface area contributed by atoms with Crippen LogP contribution in [0.25, 0.3) is 0 Å². The number of benzene rings is 2. The quantitative estimate of drug-likeness (QED) is 0.902. The predicted molar refractivity (Wildman–Crippen MR) is 85.1 cm³/mol. The number of anilines is 1. The summed E-state index contributed by atoms with van der Waals surface area (Å²) in [5.41, 5.74) is 0.503. The average molecular weight is 362 g/mol. The summed E-state index contributed by atoms with van der Waals surface area (Å²) in [5.74, 6) is -0.530. The average Bonchev–Trinajstić information content (AvgIpc) is 2.47. The van der Waals surface area contributed by atoms with E-state index >= 15 is 0 Å². The molecule has 0 saturated heterocycles. The molecule has 1 amide bonds. The van der Waals surface area contributed by atoms with E-state index in [2.05, 4.69) is 21.2 Å². The van der Waals surface area contributed by atoms with Gasteiger partial charge in [-0.25, -0.2) is 4.39 Å². The molecule has 0 unspecified atom stereocenters. The molecule has 0 atom stereocenters. The van der Waals surface area contributed by atoms with Gasteiger partial charge in [-0.15, -0.1) is 0 Å². The summed E-state index contributed by atoms with van der Waals surface area (Å²) in [6, 6.07) is 13.0. The van der Waals surface area contributed by atoms with Crippen LogP contribution in [0.5, 0.6) is 0 Å². The van der Waals surface area contributed by atoms with E-state index in [-0.39, 0.29) is 30.3 Å². The molecule has 112 valence electrons. The lowest BCUT2D eigenvalue weighted by Crippen LogP contribution is -2.51. The van der Waals surface area contributed by atoms with Crippen LogP contribution in [0.4, 0.5) is 10.1 Å². The Morgan fingerprint density at radius 3 is 2.18 bits per heavy atom. The van der Waals surface area contributed by atoms with Crippen molar-refractivity contribution in [2.24, 2.45) is 0 Å². The number of carbonyl (C=O) groups excluding carboxylic acids is 2. The smallest absolute Gasteiger partial charge is 0.235 e.